The summed E-state index contributed by atoms with van der Waals surface area (Å²) in [5, 5.41) is 10.3. The van der Waals surface area contributed by atoms with Crippen LogP contribution in [0.1, 0.15) is 27.2 Å². The van der Waals surface area contributed by atoms with E-state index in [-0.39, 0.29) is 5.91 Å². The number of methoxy groups -OCH3 is 1. The van der Waals surface area contributed by atoms with E-state index in [1.54, 1.807) is 49.8 Å². The summed E-state index contributed by atoms with van der Waals surface area (Å²) in [5.74, 6) is 1.29. The molecule has 0 saturated heterocycles. The van der Waals surface area contributed by atoms with Gasteiger partial charge in [-0.25, -0.2) is 4.98 Å². The number of benzene rings is 1. The zero-order valence-corrected chi connectivity index (χ0v) is 16.2. The summed E-state index contributed by atoms with van der Waals surface area (Å²) in [6, 6.07) is 7.00. The van der Waals surface area contributed by atoms with Crippen LogP contribution in [0.25, 0.3) is 0 Å². The molecule has 0 bridgehead atoms. The molecule has 0 atom stereocenters. The van der Waals surface area contributed by atoms with E-state index >= 15 is 0 Å². The van der Waals surface area contributed by atoms with Crippen LogP contribution in [0.5, 0.6) is 5.75 Å². The summed E-state index contributed by atoms with van der Waals surface area (Å²) in [6.07, 6.45) is 2.91. The zero-order chi connectivity index (χ0) is 18.8. The summed E-state index contributed by atoms with van der Waals surface area (Å²) >= 11 is 1.70. The molecule has 1 aromatic heterocycles. The lowest BCUT2D eigenvalue weighted by Crippen LogP contribution is -2.41. The predicted octanol–water partition coefficient (Wildman–Crippen LogP) is 1.81. The van der Waals surface area contributed by atoms with Gasteiger partial charge in [0.25, 0.3) is 5.91 Å². The Balaban J connectivity index is 1.68. The van der Waals surface area contributed by atoms with Gasteiger partial charge < -0.3 is 20.7 Å². The van der Waals surface area contributed by atoms with Gasteiger partial charge in [-0.15, -0.1) is 11.3 Å². The van der Waals surface area contributed by atoms with Gasteiger partial charge in [0.15, 0.2) is 5.96 Å². The fourth-order valence-corrected chi connectivity index (χ4v) is 2.98. The predicted molar refractivity (Wildman–Crippen MR) is 105 cm³/mol. The second-order valence-electron chi connectivity index (χ2n) is 5.41. The molecule has 7 nitrogen and oxygen atoms in total. The molecule has 0 aliphatic rings. The van der Waals surface area contributed by atoms with Gasteiger partial charge in [-0.3, -0.25) is 9.79 Å². The van der Waals surface area contributed by atoms with Crippen LogP contribution in [0.4, 0.5) is 0 Å². The fraction of sp³-hybridized carbons (Fsp3) is 0.389. The Bertz CT molecular complexity index is 727. The summed E-state index contributed by atoms with van der Waals surface area (Å²) < 4.78 is 5.08. The van der Waals surface area contributed by atoms with Crippen molar-refractivity contribution in [1.29, 1.82) is 0 Å². The average Bonchev–Trinajstić information content (AvgIpc) is 3.15. The van der Waals surface area contributed by atoms with Crippen LogP contribution in [0.2, 0.25) is 0 Å². The molecule has 26 heavy (non-hydrogen) atoms. The van der Waals surface area contributed by atoms with Crippen molar-refractivity contribution in [2.45, 2.75) is 19.9 Å². The number of aliphatic imine (C=N–C) groups is 1. The summed E-state index contributed by atoms with van der Waals surface area (Å²) in [6.45, 7) is 3.80. The summed E-state index contributed by atoms with van der Waals surface area (Å²) in [4.78, 5) is 21.9. The molecule has 2 rings (SSSR count). The fourth-order valence-electron chi connectivity index (χ4n) is 2.17. The summed E-state index contributed by atoms with van der Waals surface area (Å²) in [5.41, 5.74) is 0.601. The minimum absolute atomic E-state index is 0.118. The van der Waals surface area contributed by atoms with Crippen LogP contribution < -0.4 is 20.7 Å². The van der Waals surface area contributed by atoms with E-state index in [0.29, 0.717) is 31.2 Å². The highest BCUT2D eigenvalue weighted by atomic mass is 32.1. The number of aryl methyl sites for hydroxylation is 1. The Morgan fingerprint density at radius 3 is 2.54 bits per heavy atom. The molecule has 0 saturated carbocycles. The molecule has 1 amide bonds. The van der Waals surface area contributed by atoms with Crippen LogP contribution in [0.15, 0.2) is 35.5 Å². The molecule has 2 aromatic rings. The lowest BCUT2D eigenvalue weighted by molar-refractivity contribution is 0.0954. The quantitative estimate of drug-likeness (QED) is 0.372. The van der Waals surface area contributed by atoms with Crippen molar-refractivity contribution in [3.8, 4) is 5.75 Å². The first-order valence-corrected chi connectivity index (χ1v) is 9.28. The van der Waals surface area contributed by atoms with E-state index in [0.717, 1.165) is 17.2 Å². The van der Waals surface area contributed by atoms with E-state index in [2.05, 4.69) is 32.9 Å². The number of carbonyl (C=O) groups excluding carboxylic acids is 1. The van der Waals surface area contributed by atoms with Gasteiger partial charge in [-0.2, -0.15) is 0 Å². The van der Waals surface area contributed by atoms with Gasteiger partial charge in [-0.1, -0.05) is 6.92 Å². The van der Waals surface area contributed by atoms with Gasteiger partial charge >= 0.3 is 0 Å². The SMILES string of the molecule is CCc1cnc(CNC(=NC)NCCNC(=O)c2ccc(OC)cc2)s1. The number of nitrogens with one attached hydrogen (secondary N) is 3. The maximum absolute atomic E-state index is 12.1. The van der Waals surface area contributed by atoms with Crippen molar-refractivity contribution in [3.63, 3.8) is 0 Å². The topological polar surface area (TPSA) is 87.6 Å². The van der Waals surface area contributed by atoms with Gasteiger partial charge in [0.1, 0.15) is 10.8 Å². The summed E-state index contributed by atoms with van der Waals surface area (Å²) in [7, 11) is 3.31. The minimum atomic E-state index is -0.118. The van der Waals surface area contributed by atoms with Gasteiger partial charge in [0, 0.05) is 36.8 Å². The van der Waals surface area contributed by atoms with Crippen molar-refractivity contribution in [2.75, 3.05) is 27.2 Å². The van der Waals surface area contributed by atoms with Gasteiger partial charge in [0.05, 0.1) is 13.7 Å². The van der Waals surface area contributed by atoms with Crippen LogP contribution in [-0.4, -0.2) is 44.1 Å². The zero-order valence-electron chi connectivity index (χ0n) is 15.3. The van der Waals surface area contributed by atoms with Crippen molar-refractivity contribution < 1.29 is 9.53 Å². The Kier molecular flexibility index (Phi) is 7.88. The lowest BCUT2D eigenvalue weighted by Gasteiger charge is -2.11. The number of guanidine groups is 1. The number of ether oxygens (including phenoxy) is 1. The number of rotatable bonds is 8. The van der Waals surface area contributed by atoms with Crippen molar-refractivity contribution in [3.05, 3.63) is 45.9 Å². The highest BCUT2D eigenvalue weighted by Crippen LogP contribution is 2.12. The third kappa shape index (κ3) is 6.03. The molecule has 0 aliphatic carbocycles. The van der Waals surface area contributed by atoms with Crippen molar-refractivity contribution >= 4 is 23.2 Å². The number of thiazole rings is 1. The van der Waals surface area contributed by atoms with Gasteiger partial charge in [-0.05, 0) is 30.7 Å². The molecule has 140 valence electrons. The highest BCUT2D eigenvalue weighted by Gasteiger charge is 2.06. The number of aromatic nitrogens is 1. The van der Waals surface area contributed by atoms with E-state index in [4.69, 9.17) is 4.74 Å². The minimum Gasteiger partial charge on any atom is -0.497 e. The molecule has 0 fully saturated rings. The number of hydrogen-bond donors (Lipinski definition) is 3. The first-order chi connectivity index (χ1) is 12.7. The van der Waals surface area contributed by atoms with Gasteiger partial charge in [0.2, 0.25) is 0 Å². The second kappa shape index (κ2) is 10.4. The number of nitrogens with zero attached hydrogens (tertiary/aromatic N) is 2. The van der Waals surface area contributed by atoms with Crippen LogP contribution in [0.3, 0.4) is 0 Å². The normalized spacial score (nSPS) is 11.1. The van der Waals surface area contributed by atoms with Crippen molar-refractivity contribution in [1.82, 2.24) is 20.9 Å². The van der Waals surface area contributed by atoms with E-state index in [9.17, 15) is 4.79 Å². The molecular weight excluding hydrogens is 350 g/mol. The monoisotopic (exact) mass is 375 g/mol. The number of hydrogen-bond acceptors (Lipinski definition) is 5. The smallest absolute Gasteiger partial charge is 0.251 e. The Morgan fingerprint density at radius 2 is 1.92 bits per heavy atom. The van der Waals surface area contributed by atoms with E-state index in [1.165, 1.54) is 4.88 Å². The molecule has 0 spiro atoms. The van der Waals surface area contributed by atoms with Crippen LogP contribution in [0, 0.1) is 0 Å². The molecular formula is C18H25N5O2S. The van der Waals surface area contributed by atoms with Crippen LogP contribution >= 0.6 is 11.3 Å². The lowest BCUT2D eigenvalue weighted by atomic mass is 10.2. The third-order valence-corrected chi connectivity index (χ3v) is 4.78. The highest BCUT2D eigenvalue weighted by molar-refractivity contribution is 7.11. The molecule has 8 heteroatoms. The van der Waals surface area contributed by atoms with E-state index in [1.807, 2.05) is 6.20 Å². The first kappa shape index (κ1) is 19.7. The molecule has 0 unspecified atom stereocenters. The van der Waals surface area contributed by atoms with Crippen molar-refractivity contribution in [2.24, 2.45) is 4.99 Å². The maximum Gasteiger partial charge on any atom is 0.251 e. The largest absolute Gasteiger partial charge is 0.497 e. The molecule has 3 N–H and O–H groups in total. The number of amides is 1. The maximum atomic E-state index is 12.1. The van der Waals surface area contributed by atoms with E-state index < -0.39 is 0 Å². The molecule has 0 aliphatic heterocycles. The standard InChI is InChI=1S/C18H25N5O2S/c1-4-15-11-22-16(26-15)12-23-18(19-2)21-10-9-20-17(24)13-5-7-14(25-3)8-6-13/h5-8,11H,4,9-10,12H2,1-3H3,(H,20,24)(H2,19,21,23). The molecule has 1 heterocycles. The third-order valence-electron chi connectivity index (χ3n) is 3.64. The molecule has 0 radical (unpaired) electrons. The average molecular weight is 375 g/mol. The Morgan fingerprint density at radius 1 is 1.19 bits per heavy atom. The van der Waals surface area contributed by atoms with Crippen LogP contribution in [-0.2, 0) is 13.0 Å². The first-order valence-electron chi connectivity index (χ1n) is 8.46. The Hall–Kier alpha value is -2.61. The molecule has 1 aromatic carbocycles. The Labute approximate surface area is 157 Å². The number of carbonyl (C=O) groups is 1. The second-order valence-corrected chi connectivity index (χ2v) is 6.61.